The van der Waals surface area contributed by atoms with Crippen LogP contribution in [0.4, 0.5) is 0 Å². The van der Waals surface area contributed by atoms with Crippen molar-refractivity contribution in [3.8, 4) is 5.75 Å². The van der Waals surface area contributed by atoms with E-state index in [0.29, 0.717) is 28.3 Å². The van der Waals surface area contributed by atoms with E-state index in [9.17, 15) is 4.79 Å². The third-order valence-corrected chi connectivity index (χ3v) is 3.74. The monoisotopic (exact) mass is 319 g/mol. The van der Waals surface area contributed by atoms with Crippen molar-refractivity contribution in [2.45, 2.75) is 13.8 Å². The Morgan fingerprint density at radius 2 is 2.06 bits per heavy atom. The van der Waals surface area contributed by atoms with Gasteiger partial charge in [-0.15, -0.1) is 0 Å². The van der Waals surface area contributed by atoms with Crippen molar-refractivity contribution in [3.05, 3.63) is 27.7 Å². The van der Waals surface area contributed by atoms with E-state index in [-0.39, 0.29) is 12.5 Å². The van der Waals surface area contributed by atoms with Gasteiger partial charge in [0.1, 0.15) is 5.75 Å². The van der Waals surface area contributed by atoms with Gasteiger partial charge in [-0.1, -0.05) is 17.7 Å². The molecular formula is C12H15BrClNO2. The summed E-state index contributed by atoms with van der Waals surface area (Å²) in [5.41, 5.74) is 0. The summed E-state index contributed by atoms with van der Waals surface area (Å²) in [5, 5.41) is 0.567. The predicted molar refractivity (Wildman–Crippen MR) is 72.6 cm³/mol. The van der Waals surface area contributed by atoms with E-state index < -0.39 is 0 Å². The lowest BCUT2D eigenvalue weighted by atomic mass is 10.3. The summed E-state index contributed by atoms with van der Waals surface area (Å²) in [7, 11) is 0. The lowest BCUT2D eigenvalue weighted by Gasteiger charge is -2.19. The number of carbonyl (C=O) groups excluding carboxylic acids is 1. The lowest BCUT2D eigenvalue weighted by Crippen LogP contribution is -2.34. The molecule has 1 aromatic rings. The summed E-state index contributed by atoms with van der Waals surface area (Å²) in [6.07, 6.45) is 0. The molecule has 5 heteroatoms. The second-order valence-corrected chi connectivity index (χ2v) is 4.61. The molecule has 0 unspecified atom stereocenters. The van der Waals surface area contributed by atoms with Gasteiger partial charge in [-0.25, -0.2) is 0 Å². The average Bonchev–Trinajstić information content (AvgIpc) is 2.32. The van der Waals surface area contributed by atoms with Crippen LogP contribution in [-0.4, -0.2) is 30.5 Å². The molecule has 0 fully saturated rings. The van der Waals surface area contributed by atoms with E-state index >= 15 is 0 Å². The number of hydrogen-bond acceptors (Lipinski definition) is 2. The van der Waals surface area contributed by atoms with Crippen LogP contribution in [0.5, 0.6) is 5.75 Å². The highest BCUT2D eigenvalue weighted by Crippen LogP contribution is 2.31. The number of carbonyl (C=O) groups is 1. The molecule has 1 rings (SSSR count). The van der Waals surface area contributed by atoms with Crippen molar-refractivity contribution in [2.24, 2.45) is 0 Å². The zero-order chi connectivity index (χ0) is 12.8. The summed E-state index contributed by atoms with van der Waals surface area (Å²) >= 11 is 9.24. The van der Waals surface area contributed by atoms with Crippen LogP contribution >= 0.6 is 27.5 Å². The minimum absolute atomic E-state index is 0.0260. The Bertz CT molecular complexity index is 394. The number of ether oxygens (including phenoxy) is 1. The maximum absolute atomic E-state index is 11.7. The standard InChI is InChI=1S/C12H15BrClNO2/c1-3-15(4-2)11(16)8-17-10-7-5-6-9(14)12(10)13/h5-7H,3-4,8H2,1-2H3. The highest BCUT2D eigenvalue weighted by molar-refractivity contribution is 9.10. The zero-order valence-electron chi connectivity index (χ0n) is 9.87. The Labute approximate surface area is 115 Å². The SMILES string of the molecule is CCN(CC)C(=O)COc1cccc(Cl)c1Br. The van der Waals surface area contributed by atoms with Gasteiger partial charge in [0.05, 0.1) is 9.50 Å². The molecule has 1 amide bonds. The summed E-state index contributed by atoms with van der Waals surface area (Å²) in [5.74, 6) is 0.555. The van der Waals surface area contributed by atoms with E-state index in [1.165, 1.54) is 0 Å². The molecule has 0 spiro atoms. The quantitative estimate of drug-likeness (QED) is 0.832. The maximum Gasteiger partial charge on any atom is 0.260 e. The van der Waals surface area contributed by atoms with E-state index in [0.717, 1.165) is 0 Å². The van der Waals surface area contributed by atoms with Crippen molar-refractivity contribution in [3.63, 3.8) is 0 Å². The first-order valence-corrected chi connectivity index (χ1v) is 6.61. The fourth-order valence-electron chi connectivity index (χ4n) is 1.40. The molecule has 0 atom stereocenters. The first-order valence-electron chi connectivity index (χ1n) is 5.44. The van der Waals surface area contributed by atoms with Gasteiger partial charge in [0, 0.05) is 13.1 Å². The smallest absolute Gasteiger partial charge is 0.260 e. The Kier molecular flexibility index (Phi) is 5.78. The Hall–Kier alpha value is -0.740. The normalized spacial score (nSPS) is 10.1. The topological polar surface area (TPSA) is 29.5 Å². The fraction of sp³-hybridized carbons (Fsp3) is 0.417. The van der Waals surface area contributed by atoms with E-state index in [4.69, 9.17) is 16.3 Å². The Morgan fingerprint density at radius 1 is 1.41 bits per heavy atom. The first kappa shape index (κ1) is 14.3. The minimum atomic E-state index is -0.0260. The van der Waals surface area contributed by atoms with Gasteiger partial charge in [0.15, 0.2) is 6.61 Å². The average molecular weight is 321 g/mol. The van der Waals surface area contributed by atoms with Gasteiger partial charge in [0.2, 0.25) is 0 Å². The third kappa shape index (κ3) is 3.89. The number of halogens is 2. The zero-order valence-corrected chi connectivity index (χ0v) is 12.2. The van der Waals surface area contributed by atoms with Gasteiger partial charge < -0.3 is 9.64 Å². The van der Waals surface area contributed by atoms with Crippen LogP contribution in [0.25, 0.3) is 0 Å². The molecule has 1 aromatic carbocycles. The van der Waals surface area contributed by atoms with Crippen molar-refractivity contribution in [1.29, 1.82) is 0 Å². The summed E-state index contributed by atoms with van der Waals surface area (Å²) in [6, 6.07) is 5.31. The Morgan fingerprint density at radius 3 is 2.65 bits per heavy atom. The van der Waals surface area contributed by atoms with Crippen molar-refractivity contribution >= 4 is 33.4 Å². The van der Waals surface area contributed by atoms with Crippen LogP contribution in [0.1, 0.15) is 13.8 Å². The molecule has 3 nitrogen and oxygen atoms in total. The molecule has 0 saturated carbocycles. The van der Waals surface area contributed by atoms with E-state index in [1.54, 1.807) is 23.1 Å². The summed E-state index contributed by atoms with van der Waals surface area (Å²) in [4.78, 5) is 13.4. The number of benzene rings is 1. The third-order valence-electron chi connectivity index (χ3n) is 2.38. The molecule has 0 aliphatic heterocycles. The molecule has 94 valence electrons. The number of amides is 1. The van der Waals surface area contributed by atoms with Gasteiger partial charge in [-0.2, -0.15) is 0 Å². The largest absolute Gasteiger partial charge is 0.483 e. The molecule has 0 radical (unpaired) electrons. The van der Waals surface area contributed by atoms with E-state index in [1.807, 2.05) is 13.8 Å². The van der Waals surface area contributed by atoms with Crippen LogP contribution in [0, 0.1) is 0 Å². The highest BCUT2D eigenvalue weighted by Gasteiger charge is 2.11. The lowest BCUT2D eigenvalue weighted by molar-refractivity contribution is -0.132. The van der Waals surface area contributed by atoms with Gasteiger partial charge in [-0.3, -0.25) is 4.79 Å². The molecule has 0 aliphatic rings. The molecule has 0 heterocycles. The van der Waals surface area contributed by atoms with Crippen molar-refractivity contribution < 1.29 is 9.53 Å². The number of rotatable bonds is 5. The van der Waals surface area contributed by atoms with Crippen LogP contribution in [-0.2, 0) is 4.79 Å². The molecular weight excluding hydrogens is 305 g/mol. The molecule has 17 heavy (non-hydrogen) atoms. The molecule has 0 N–H and O–H groups in total. The molecule has 0 aromatic heterocycles. The van der Waals surface area contributed by atoms with Crippen LogP contribution in [0.15, 0.2) is 22.7 Å². The fourth-order valence-corrected chi connectivity index (χ4v) is 1.95. The molecule has 0 aliphatic carbocycles. The van der Waals surface area contributed by atoms with Gasteiger partial charge >= 0.3 is 0 Å². The van der Waals surface area contributed by atoms with Crippen LogP contribution < -0.4 is 4.74 Å². The second-order valence-electron chi connectivity index (χ2n) is 3.41. The van der Waals surface area contributed by atoms with Crippen LogP contribution in [0.3, 0.4) is 0 Å². The minimum Gasteiger partial charge on any atom is -0.483 e. The van der Waals surface area contributed by atoms with Gasteiger partial charge in [0.25, 0.3) is 5.91 Å². The number of likely N-dealkylation sites (N-methyl/N-ethyl adjacent to an activating group) is 1. The van der Waals surface area contributed by atoms with E-state index in [2.05, 4.69) is 15.9 Å². The van der Waals surface area contributed by atoms with Gasteiger partial charge in [-0.05, 0) is 41.9 Å². The summed E-state index contributed by atoms with van der Waals surface area (Å²) < 4.78 is 6.12. The number of hydrogen-bond donors (Lipinski definition) is 0. The van der Waals surface area contributed by atoms with Crippen LogP contribution in [0.2, 0.25) is 5.02 Å². The highest BCUT2D eigenvalue weighted by atomic mass is 79.9. The molecule has 0 saturated heterocycles. The first-order chi connectivity index (χ1) is 8.10. The second kappa shape index (κ2) is 6.87. The van der Waals surface area contributed by atoms with Crippen molar-refractivity contribution in [2.75, 3.05) is 19.7 Å². The van der Waals surface area contributed by atoms with Crippen molar-refractivity contribution in [1.82, 2.24) is 4.90 Å². The molecule has 0 bridgehead atoms. The maximum atomic E-state index is 11.7. The number of nitrogens with zero attached hydrogens (tertiary/aromatic N) is 1. The summed E-state index contributed by atoms with van der Waals surface area (Å²) in [6.45, 7) is 5.29. The Balaban J connectivity index is 2.61. The predicted octanol–water partition coefficient (Wildman–Crippen LogP) is 3.35.